The van der Waals surface area contributed by atoms with E-state index >= 15 is 0 Å². The van der Waals surface area contributed by atoms with Gasteiger partial charge in [-0.25, -0.2) is 18.4 Å². The molecule has 0 spiro atoms. The van der Waals surface area contributed by atoms with Gasteiger partial charge in [0.25, 0.3) is 0 Å². The molecule has 0 aliphatic carbocycles. The molecule has 0 unspecified atom stereocenters. The second-order valence-electron chi connectivity index (χ2n) is 6.23. The molecule has 0 aliphatic heterocycles. The number of anilines is 1. The lowest BCUT2D eigenvalue weighted by Crippen LogP contribution is -2.08. The van der Waals surface area contributed by atoms with Gasteiger partial charge in [0.15, 0.2) is 5.69 Å². The number of nitrogens with zero attached hydrogens (tertiary/aromatic N) is 3. The van der Waals surface area contributed by atoms with Gasteiger partial charge in [0.1, 0.15) is 17.5 Å². The topological polar surface area (TPSA) is 42.7 Å². The third-order valence-corrected chi connectivity index (χ3v) is 4.23. The number of hydrogen-bond acceptors (Lipinski definition) is 3. The molecule has 1 N–H and O–H groups in total. The normalized spacial score (nSPS) is 11.7. The molecule has 0 saturated heterocycles. The first-order valence-corrected chi connectivity index (χ1v) is 8.50. The molecular weight excluding hydrogens is 379 g/mol. The fourth-order valence-electron chi connectivity index (χ4n) is 2.70. The van der Waals surface area contributed by atoms with Gasteiger partial charge in [0.05, 0.1) is 11.9 Å². The maximum Gasteiger partial charge on any atom is 0.435 e. The Morgan fingerprint density at radius 1 is 1.07 bits per heavy atom. The molecule has 0 fully saturated rings. The number of alkyl halides is 3. The van der Waals surface area contributed by atoms with E-state index in [4.69, 9.17) is 0 Å². The molecule has 1 aromatic carbocycles. The minimum Gasteiger partial charge on any atom is -0.366 e. The number of halogens is 5. The average molecular weight is 396 g/mol. The lowest BCUT2D eigenvalue weighted by molar-refractivity contribution is -0.141. The smallest absolute Gasteiger partial charge is 0.366 e. The molecule has 0 aliphatic rings. The van der Waals surface area contributed by atoms with E-state index in [9.17, 15) is 22.0 Å². The number of pyridine rings is 1. The van der Waals surface area contributed by atoms with E-state index in [1.165, 1.54) is 37.4 Å². The van der Waals surface area contributed by atoms with E-state index in [0.29, 0.717) is 29.2 Å². The van der Waals surface area contributed by atoms with Gasteiger partial charge in [-0.1, -0.05) is 6.92 Å². The van der Waals surface area contributed by atoms with Crippen molar-refractivity contribution in [3.8, 4) is 5.69 Å². The summed E-state index contributed by atoms with van der Waals surface area (Å²) in [6.45, 7) is 3.18. The maximum atomic E-state index is 14.0. The van der Waals surface area contributed by atoms with Crippen LogP contribution in [0.25, 0.3) is 5.69 Å². The summed E-state index contributed by atoms with van der Waals surface area (Å²) in [6, 6.07) is 6.53. The largest absolute Gasteiger partial charge is 0.435 e. The van der Waals surface area contributed by atoms with E-state index in [1.54, 1.807) is 6.92 Å². The van der Waals surface area contributed by atoms with Crippen LogP contribution >= 0.6 is 0 Å². The predicted molar refractivity (Wildman–Crippen MR) is 94.2 cm³/mol. The Bertz CT molecular complexity index is 954. The third kappa shape index (κ3) is 4.13. The lowest BCUT2D eigenvalue weighted by Gasteiger charge is -2.10. The van der Waals surface area contributed by atoms with Gasteiger partial charge < -0.3 is 5.32 Å². The van der Waals surface area contributed by atoms with Gasteiger partial charge in [0, 0.05) is 17.8 Å². The van der Waals surface area contributed by atoms with E-state index in [-0.39, 0.29) is 12.1 Å². The van der Waals surface area contributed by atoms with Crippen molar-refractivity contribution in [1.82, 2.24) is 14.8 Å². The molecule has 148 valence electrons. The Morgan fingerprint density at radius 2 is 1.75 bits per heavy atom. The third-order valence-electron chi connectivity index (χ3n) is 4.23. The Balaban J connectivity index is 1.75. The van der Waals surface area contributed by atoms with E-state index < -0.39 is 23.5 Å². The zero-order chi connectivity index (χ0) is 20.5. The molecular formula is C19H17F5N4. The number of nitrogens with one attached hydrogen (secondary N) is 1. The molecule has 2 heterocycles. The predicted octanol–water partition coefficient (Wildman–Crippen LogP) is 5.05. The number of aryl methyl sites for hydroxylation is 2. The fraction of sp³-hybridized carbons (Fsp3) is 0.263. The Morgan fingerprint density at radius 3 is 2.25 bits per heavy atom. The van der Waals surface area contributed by atoms with Crippen LogP contribution < -0.4 is 5.32 Å². The highest BCUT2D eigenvalue weighted by atomic mass is 19.4. The summed E-state index contributed by atoms with van der Waals surface area (Å²) in [7, 11) is 0. The number of benzene rings is 1. The van der Waals surface area contributed by atoms with Crippen molar-refractivity contribution in [2.24, 2.45) is 0 Å². The Labute approximate surface area is 158 Å². The van der Waals surface area contributed by atoms with Gasteiger partial charge in [-0.15, -0.1) is 0 Å². The van der Waals surface area contributed by atoms with Crippen LogP contribution in [0.2, 0.25) is 0 Å². The first kappa shape index (κ1) is 19.8. The molecule has 0 atom stereocenters. The second-order valence-corrected chi connectivity index (χ2v) is 6.23. The highest BCUT2D eigenvalue weighted by Crippen LogP contribution is 2.29. The summed E-state index contributed by atoms with van der Waals surface area (Å²) in [5.41, 5.74) is 0.0988. The number of rotatable bonds is 5. The van der Waals surface area contributed by atoms with Gasteiger partial charge in [-0.05, 0) is 49.2 Å². The van der Waals surface area contributed by atoms with Crippen molar-refractivity contribution in [3.63, 3.8) is 0 Å². The zero-order valence-electron chi connectivity index (χ0n) is 15.1. The summed E-state index contributed by atoms with van der Waals surface area (Å²) in [5.74, 6) is -0.969. The first-order chi connectivity index (χ1) is 13.2. The quantitative estimate of drug-likeness (QED) is 0.614. The molecule has 3 aromatic rings. The van der Waals surface area contributed by atoms with Crippen molar-refractivity contribution in [2.75, 3.05) is 5.32 Å². The molecule has 28 heavy (non-hydrogen) atoms. The second kappa shape index (κ2) is 7.57. The zero-order valence-corrected chi connectivity index (χ0v) is 15.1. The van der Waals surface area contributed by atoms with Crippen molar-refractivity contribution in [1.29, 1.82) is 0 Å². The van der Waals surface area contributed by atoms with Crippen LogP contribution in [-0.2, 0) is 19.1 Å². The minimum atomic E-state index is -4.54. The Kier molecular flexibility index (Phi) is 5.35. The monoisotopic (exact) mass is 396 g/mol. The molecule has 9 heteroatoms. The minimum absolute atomic E-state index is 0.110. The molecule has 0 saturated carbocycles. The molecule has 2 aromatic heterocycles. The van der Waals surface area contributed by atoms with Gasteiger partial charge in [-0.2, -0.15) is 18.3 Å². The van der Waals surface area contributed by atoms with Crippen molar-refractivity contribution in [2.45, 2.75) is 33.0 Å². The van der Waals surface area contributed by atoms with Crippen LogP contribution in [0.4, 0.5) is 27.8 Å². The first-order valence-electron chi connectivity index (χ1n) is 8.50. The summed E-state index contributed by atoms with van der Waals surface area (Å²) in [5, 5.41) is 6.35. The summed E-state index contributed by atoms with van der Waals surface area (Å²) < 4.78 is 67.5. The van der Waals surface area contributed by atoms with Crippen LogP contribution in [-0.4, -0.2) is 14.8 Å². The summed E-state index contributed by atoms with van der Waals surface area (Å²) >= 11 is 0. The molecule has 0 amide bonds. The molecule has 0 radical (unpaired) electrons. The van der Waals surface area contributed by atoms with Crippen molar-refractivity contribution in [3.05, 3.63) is 70.7 Å². The molecule has 3 rings (SSSR count). The van der Waals surface area contributed by atoms with Gasteiger partial charge in [-0.3, -0.25) is 0 Å². The molecule has 0 bridgehead atoms. The highest BCUT2D eigenvalue weighted by Gasteiger charge is 2.34. The number of aromatic nitrogens is 3. The maximum absolute atomic E-state index is 14.0. The molecule has 4 nitrogen and oxygen atoms in total. The van der Waals surface area contributed by atoms with Crippen LogP contribution in [0, 0.1) is 18.6 Å². The summed E-state index contributed by atoms with van der Waals surface area (Å²) in [6.07, 6.45) is -2.69. The van der Waals surface area contributed by atoms with Gasteiger partial charge in [0.2, 0.25) is 0 Å². The van der Waals surface area contributed by atoms with Crippen LogP contribution in [0.15, 0.2) is 36.5 Å². The lowest BCUT2D eigenvalue weighted by atomic mass is 10.1. The van der Waals surface area contributed by atoms with Crippen LogP contribution in [0.3, 0.4) is 0 Å². The van der Waals surface area contributed by atoms with Gasteiger partial charge >= 0.3 is 6.18 Å². The Hall–Kier alpha value is -2.97. The summed E-state index contributed by atoms with van der Waals surface area (Å²) in [4.78, 5) is 4.08. The van der Waals surface area contributed by atoms with E-state index in [1.807, 2.05) is 0 Å². The van der Waals surface area contributed by atoms with Crippen LogP contribution in [0.5, 0.6) is 0 Å². The standard InChI is InChI=1S/C19H17F5N4/c1-3-12-7-15(20)14(16(21)8-12)10-26-18-5-4-13(9-25-18)28-11(2)6-17(27-28)19(22,23)24/h4-9H,3,10H2,1-2H3,(H,25,26). The average Bonchev–Trinajstić information content (AvgIpc) is 3.03. The van der Waals surface area contributed by atoms with E-state index in [2.05, 4.69) is 15.4 Å². The highest BCUT2D eigenvalue weighted by molar-refractivity contribution is 5.42. The van der Waals surface area contributed by atoms with Crippen molar-refractivity contribution < 1.29 is 22.0 Å². The van der Waals surface area contributed by atoms with Crippen molar-refractivity contribution >= 4 is 5.82 Å². The SMILES string of the molecule is CCc1cc(F)c(CNc2ccc(-n3nc(C(F)(F)F)cc3C)cn2)c(F)c1. The number of hydrogen-bond donors (Lipinski definition) is 1. The fourth-order valence-corrected chi connectivity index (χ4v) is 2.70. The van der Waals surface area contributed by atoms with E-state index in [0.717, 1.165) is 10.7 Å². The van der Waals surface area contributed by atoms with Crippen LogP contribution in [0.1, 0.15) is 29.4 Å².